The van der Waals surface area contributed by atoms with E-state index in [2.05, 4.69) is 15.4 Å². The third-order valence-corrected chi connectivity index (χ3v) is 7.98. The molecule has 0 saturated carbocycles. The van der Waals surface area contributed by atoms with Crippen molar-refractivity contribution in [3.8, 4) is 11.1 Å². The molecule has 0 bridgehead atoms. The van der Waals surface area contributed by atoms with Gasteiger partial charge in [0.2, 0.25) is 11.8 Å². The number of hydrogen-bond acceptors (Lipinski definition) is 5. The number of carbonyl (C=O) groups excluding carboxylic acids is 3. The highest BCUT2D eigenvalue weighted by atomic mass is 35.5. The Morgan fingerprint density at radius 3 is 2.72 bits per heavy atom. The van der Waals surface area contributed by atoms with Crippen molar-refractivity contribution in [2.45, 2.75) is 45.6 Å². The third-order valence-electron chi connectivity index (χ3n) is 7.69. The van der Waals surface area contributed by atoms with Crippen LogP contribution >= 0.6 is 11.6 Å². The van der Waals surface area contributed by atoms with Crippen molar-refractivity contribution in [1.82, 2.24) is 29.4 Å². The van der Waals surface area contributed by atoms with E-state index in [9.17, 15) is 23.2 Å². The van der Waals surface area contributed by atoms with Crippen LogP contribution in [-0.2, 0) is 22.7 Å². The molecule has 0 aliphatic carbocycles. The van der Waals surface area contributed by atoms with E-state index < -0.39 is 29.8 Å². The minimum absolute atomic E-state index is 0.0741. The molecule has 4 heterocycles. The fraction of sp³-hybridized carbons (Fsp3) is 0.258. The van der Waals surface area contributed by atoms with E-state index in [1.165, 1.54) is 24.0 Å². The van der Waals surface area contributed by atoms with Gasteiger partial charge in [-0.25, -0.2) is 18.3 Å². The van der Waals surface area contributed by atoms with Crippen LogP contribution in [0.15, 0.2) is 61.1 Å². The molecule has 3 aromatic heterocycles. The Morgan fingerprint density at radius 2 is 1.93 bits per heavy atom. The molecule has 1 N–H and O–H groups in total. The number of rotatable bonds is 7. The van der Waals surface area contributed by atoms with Crippen LogP contribution in [0.2, 0.25) is 5.02 Å². The Bertz CT molecular complexity index is 1920. The smallest absolute Gasteiger partial charge is 0.243 e. The molecule has 2 atom stereocenters. The van der Waals surface area contributed by atoms with Gasteiger partial charge in [-0.1, -0.05) is 29.8 Å². The van der Waals surface area contributed by atoms with Crippen molar-refractivity contribution in [3.05, 3.63) is 88.7 Å². The maximum atomic E-state index is 14.5. The molecule has 1 fully saturated rings. The first-order chi connectivity index (χ1) is 20.6. The lowest BCUT2D eigenvalue weighted by Gasteiger charge is -2.24. The van der Waals surface area contributed by atoms with Gasteiger partial charge in [-0.3, -0.25) is 14.4 Å². The number of nitrogens with zero attached hydrogens (tertiary/aromatic N) is 5. The van der Waals surface area contributed by atoms with Crippen LogP contribution in [0.5, 0.6) is 0 Å². The van der Waals surface area contributed by atoms with Crippen LogP contribution in [-0.4, -0.2) is 60.4 Å². The number of alkyl halides is 1. The van der Waals surface area contributed by atoms with E-state index >= 15 is 0 Å². The lowest BCUT2D eigenvalue weighted by Crippen LogP contribution is -2.46. The average molecular weight is 605 g/mol. The van der Waals surface area contributed by atoms with Crippen LogP contribution in [0.25, 0.3) is 27.7 Å². The number of carbonyl (C=O) groups is 3. The summed E-state index contributed by atoms with van der Waals surface area (Å²) in [6, 6.07) is 10.8. The highest BCUT2D eigenvalue weighted by Crippen LogP contribution is 2.29. The van der Waals surface area contributed by atoms with Crippen LogP contribution in [0.1, 0.15) is 35.0 Å². The highest BCUT2D eigenvalue weighted by molar-refractivity contribution is 6.30. The number of amides is 2. The van der Waals surface area contributed by atoms with E-state index in [0.29, 0.717) is 16.5 Å². The van der Waals surface area contributed by atoms with E-state index in [4.69, 9.17) is 11.6 Å². The zero-order valence-electron chi connectivity index (χ0n) is 23.4. The molecular weight excluding hydrogens is 578 g/mol. The summed E-state index contributed by atoms with van der Waals surface area (Å²) in [6.07, 6.45) is 3.64. The van der Waals surface area contributed by atoms with Crippen molar-refractivity contribution in [3.63, 3.8) is 0 Å². The van der Waals surface area contributed by atoms with Crippen LogP contribution in [0.4, 0.5) is 8.78 Å². The van der Waals surface area contributed by atoms with Gasteiger partial charge in [0.1, 0.15) is 24.6 Å². The minimum Gasteiger partial charge on any atom is -0.350 e. The predicted molar refractivity (Wildman–Crippen MR) is 157 cm³/mol. The highest BCUT2D eigenvalue weighted by Gasteiger charge is 2.39. The van der Waals surface area contributed by atoms with Gasteiger partial charge in [0.15, 0.2) is 11.4 Å². The Labute approximate surface area is 250 Å². The van der Waals surface area contributed by atoms with E-state index in [1.54, 1.807) is 27.5 Å². The molecule has 0 unspecified atom stereocenters. The van der Waals surface area contributed by atoms with E-state index in [1.807, 2.05) is 37.4 Å². The molecular formula is C31H27ClF2N6O3. The second-order valence-corrected chi connectivity index (χ2v) is 11.1. The van der Waals surface area contributed by atoms with Crippen LogP contribution < -0.4 is 5.32 Å². The predicted octanol–water partition coefficient (Wildman–Crippen LogP) is 4.91. The maximum absolute atomic E-state index is 14.5. The van der Waals surface area contributed by atoms with Gasteiger partial charge in [0.25, 0.3) is 0 Å². The number of fused-ring (bicyclic) bond motifs is 2. The van der Waals surface area contributed by atoms with Crippen molar-refractivity contribution < 1.29 is 23.2 Å². The molecule has 1 aliphatic heterocycles. The summed E-state index contributed by atoms with van der Waals surface area (Å²) in [7, 11) is 0. The molecule has 2 aromatic carbocycles. The standard InChI is InChI=1S/C31H27ClF2N6O3/c1-17-8-28-35-12-21(13-40(28)37-17)19-6-7-26-23(9-19)24(18(2)41)15-38(26)16-29(42)39-14-22(33)10-27(39)31(43)36-11-20-4-3-5-25(32)30(20)34/h3-9,12-13,15,22,27H,10-11,14,16H2,1-2H3,(H,36,43)/t22-,27+/m1/s1. The van der Waals surface area contributed by atoms with Crippen LogP contribution in [0.3, 0.4) is 0 Å². The summed E-state index contributed by atoms with van der Waals surface area (Å²) in [6.45, 7) is 2.73. The average Bonchev–Trinajstić information content (AvgIpc) is 3.67. The summed E-state index contributed by atoms with van der Waals surface area (Å²) in [5, 5.41) is 7.59. The quantitative estimate of drug-likeness (QED) is 0.266. The Morgan fingerprint density at radius 1 is 1.12 bits per heavy atom. The topological polar surface area (TPSA) is 102 Å². The van der Waals surface area contributed by atoms with Gasteiger partial charge < -0.3 is 14.8 Å². The number of benzene rings is 2. The molecule has 9 nitrogen and oxygen atoms in total. The molecule has 6 rings (SSSR count). The zero-order valence-corrected chi connectivity index (χ0v) is 24.1. The van der Waals surface area contributed by atoms with E-state index in [0.717, 1.165) is 22.5 Å². The first-order valence-electron chi connectivity index (χ1n) is 13.7. The monoisotopic (exact) mass is 604 g/mol. The Hall–Kier alpha value is -4.64. The molecule has 2 amide bonds. The molecule has 5 aromatic rings. The lowest BCUT2D eigenvalue weighted by molar-refractivity contribution is -0.139. The molecule has 0 radical (unpaired) electrons. The van der Waals surface area contributed by atoms with Crippen molar-refractivity contribution in [2.24, 2.45) is 0 Å². The zero-order chi connectivity index (χ0) is 30.4. The van der Waals surface area contributed by atoms with Gasteiger partial charge in [0, 0.05) is 65.2 Å². The molecule has 12 heteroatoms. The molecule has 1 aliphatic rings. The Balaban J connectivity index is 1.24. The number of nitrogens with one attached hydrogen (secondary N) is 1. The first-order valence-corrected chi connectivity index (χ1v) is 14.1. The van der Waals surface area contributed by atoms with Gasteiger partial charge in [-0.15, -0.1) is 0 Å². The summed E-state index contributed by atoms with van der Waals surface area (Å²) < 4.78 is 32.1. The third kappa shape index (κ3) is 5.48. The fourth-order valence-corrected chi connectivity index (χ4v) is 5.76. The largest absolute Gasteiger partial charge is 0.350 e. The van der Waals surface area contributed by atoms with Crippen LogP contribution in [0, 0.1) is 12.7 Å². The lowest BCUT2D eigenvalue weighted by atomic mass is 10.0. The Kier molecular flexibility index (Phi) is 7.43. The van der Waals surface area contributed by atoms with Gasteiger partial charge in [-0.2, -0.15) is 5.10 Å². The summed E-state index contributed by atoms with van der Waals surface area (Å²) in [5.74, 6) is -1.89. The van der Waals surface area contributed by atoms with Crippen molar-refractivity contribution in [1.29, 1.82) is 0 Å². The molecule has 220 valence electrons. The number of likely N-dealkylation sites (tertiary alicyclic amines) is 1. The number of halogens is 3. The minimum atomic E-state index is -1.39. The number of Topliss-reactive ketones (excluding diaryl/α,β-unsaturated/α-hetero) is 1. The molecule has 1 saturated heterocycles. The second-order valence-electron chi connectivity index (χ2n) is 10.7. The van der Waals surface area contributed by atoms with Crippen molar-refractivity contribution >= 4 is 45.7 Å². The van der Waals surface area contributed by atoms with E-state index in [-0.39, 0.29) is 42.4 Å². The molecule has 43 heavy (non-hydrogen) atoms. The fourth-order valence-electron chi connectivity index (χ4n) is 5.56. The first kappa shape index (κ1) is 28.5. The maximum Gasteiger partial charge on any atom is 0.243 e. The summed E-state index contributed by atoms with van der Waals surface area (Å²) >= 11 is 5.82. The van der Waals surface area contributed by atoms with Crippen molar-refractivity contribution in [2.75, 3.05) is 6.54 Å². The number of ketones is 1. The van der Waals surface area contributed by atoms with Gasteiger partial charge in [0.05, 0.1) is 17.3 Å². The number of aryl methyl sites for hydroxylation is 1. The normalized spacial score (nSPS) is 16.7. The number of hydrogen-bond donors (Lipinski definition) is 1. The summed E-state index contributed by atoms with van der Waals surface area (Å²) in [5.41, 5.74) is 4.42. The SMILES string of the molecule is CC(=O)c1cn(CC(=O)N2C[C@H](F)C[C@H]2C(=O)NCc2cccc(Cl)c2F)c2ccc(-c3cnc4cc(C)nn4c3)cc12. The van der Waals surface area contributed by atoms with Gasteiger partial charge >= 0.3 is 0 Å². The second kappa shape index (κ2) is 11.2. The molecule has 0 spiro atoms. The number of aromatic nitrogens is 4. The van der Waals surface area contributed by atoms with Gasteiger partial charge in [-0.05, 0) is 37.6 Å². The summed E-state index contributed by atoms with van der Waals surface area (Å²) in [4.78, 5) is 44.7.